The molecule has 0 bridgehead atoms. The van der Waals surface area contributed by atoms with Crippen LogP contribution >= 0.6 is 27.5 Å². The molecule has 0 radical (unpaired) electrons. The molecule has 0 aliphatic heterocycles. The van der Waals surface area contributed by atoms with Crippen LogP contribution in [-0.4, -0.2) is 9.36 Å². The number of ether oxygens (including phenoxy) is 1. The van der Waals surface area contributed by atoms with E-state index in [0.717, 1.165) is 30.4 Å². The summed E-state index contributed by atoms with van der Waals surface area (Å²) in [5.74, 6) is -1.57. The molecule has 0 atom stereocenters. The normalized spacial score (nSPS) is 10.7. The Balaban J connectivity index is 2.22. The van der Waals surface area contributed by atoms with E-state index in [0.29, 0.717) is 10.3 Å². The fourth-order valence-corrected chi connectivity index (χ4v) is 2.30. The molecule has 0 aliphatic rings. The third-order valence-corrected chi connectivity index (χ3v) is 3.17. The highest BCUT2D eigenvalue weighted by Crippen LogP contribution is 2.30. The summed E-state index contributed by atoms with van der Waals surface area (Å²) >= 11 is 4.09. The maximum atomic E-state index is 13.5. The molecule has 2 rings (SSSR count). The van der Waals surface area contributed by atoms with Crippen molar-refractivity contribution in [3.05, 3.63) is 34.1 Å². The van der Waals surface area contributed by atoms with E-state index >= 15 is 0 Å². The first kappa shape index (κ1) is 13.4. The first-order chi connectivity index (χ1) is 8.60. The molecule has 0 saturated carbocycles. The quantitative estimate of drug-likeness (QED) is 0.781. The fraction of sp³-hybridized carbons (Fsp3) is 0.273. The predicted octanol–water partition coefficient (Wildman–Crippen LogP) is 4.32. The molecular formula is C11H9BrF2N2OS. The SMILES string of the molecule is CCCc1nsc(Oc2cc(Br)cc(F)c2F)n1. The molecule has 0 amide bonds. The largest absolute Gasteiger partial charge is 0.427 e. The van der Waals surface area contributed by atoms with Gasteiger partial charge in [-0.3, -0.25) is 0 Å². The topological polar surface area (TPSA) is 35.0 Å². The third-order valence-electron chi connectivity index (χ3n) is 2.08. The van der Waals surface area contributed by atoms with Gasteiger partial charge in [-0.15, -0.1) is 0 Å². The van der Waals surface area contributed by atoms with Crippen LogP contribution in [0.2, 0.25) is 0 Å². The Kier molecular flexibility index (Phi) is 4.23. The summed E-state index contributed by atoms with van der Waals surface area (Å²) in [4.78, 5) is 4.08. The van der Waals surface area contributed by atoms with Crippen LogP contribution < -0.4 is 4.74 Å². The Bertz CT molecular complexity index is 562. The highest BCUT2D eigenvalue weighted by Gasteiger charge is 2.14. The summed E-state index contributed by atoms with van der Waals surface area (Å²) in [6.07, 6.45) is 1.64. The van der Waals surface area contributed by atoms with E-state index in [4.69, 9.17) is 4.74 Å². The molecule has 3 nitrogen and oxygen atoms in total. The highest BCUT2D eigenvalue weighted by molar-refractivity contribution is 9.10. The Morgan fingerprint density at radius 3 is 2.89 bits per heavy atom. The molecule has 0 fully saturated rings. The lowest BCUT2D eigenvalue weighted by Crippen LogP contribution is -1.92. The number of aromatic nitrogens is 2. The van der Waals surface area contributed by atoms with Crippen molar-refractivity contribution in [2.75, 3.05) is 0 Å². The molecule has 18 heavy (non-hydrogen) atoms. The lowest BCUT2D eigenvalue weighted by Gasteiger charge is -2.04. The van der Waals surface area contributed by atoms with E-state index in [2.05, 4.69) is 25.3 Å². The minimum atomic E-state index is -1.04. The molecule has 96 valence electrons. The summed E-state index contributed by atoms with van der Waals surface area (Å²) < 4.78 is 36.3. The number of halogens is 3. The van der Waals surface area contributed by atoms with Gasteiger partial charge in [-0.05, 0) is 18.6 Å². The third kappa shape index (κ3) is 3.02. The van der Waals surface area contributed by atoms with Crippen LogP contribution in [-0.2, 0) is 6.42 Å². The van der Waals surface area contributed by atoms with Gasteiger partial charge in [0.25, 0.3) is 5.19 Å². The summed E-state index contributed by atoms with van der Waals surface area (Å²) in [6.45, 7) is 2.00. The van der Waals surface area contributed by atoms with Crippen molar-refractivity contribution in [3.8, 4) is 10.9 Å². The number of nitrogens with zero attached hydrogens (tertiary/aromatic N) is 2. The van der Waals surface area contributed by atoms with Gasteiger partial charge in [0.15, 0.2) is 11.6 Å². The van der Waals surface area contributed by atoms with Gasteiger partial charge in [0.2, 0.25) is 5.82 Å². The summed E-state index contributed by atoms with van der Waals surface area (Å²) in [5, 5.41) is 0.204. The number of rotatable bonds is 4. The van der Waals surface area contributed by atoms with Gasteiger partial charge in [-0.2, -0.15) is 13.7 Å². The molecule has 1 aromatic carbocycles. The highest BCUT2D eigenvalue weighted by atomic mass is 79.9. The van der Waals surface area contributed by atoms with Crippen LogP contribution in [0.3, 0.4) is 0 Å². The molecule has 1 aromatic heterocycles. The van der Waals surface area contributed by atoms with Gasteiger partial charge in [0.05, 0.1) is 0 Å². The summed E-state index contributed by atoms with van der Waals surface area (Å²) in [5.41, 5.74) is 0. The van der Waals surface area contributed by atoms with Gasteiger partial charge in [-0.25, -0.2) is 4.39 Å². The van der Waals surface area contributed by atoms with E-state index in [1.807, 2.05) is 6.92 Å². The van der Waals surface area contributed by atoms with Crippen LogP contribution in [0.1, 0.15) is 19.2 Å². The van der Waals surface area contributed by atoms with Gasteiger partial charge >= 0.3 is 0 Å². The first-order valence-electron chi connectivity index (χ1n) is 5.25. The van der Waals surface area contributed by atoms with Gasteiger partial charge in [0.1, 0.15) is 5.82 Å². The molecule has 1 heterocycles. The van der Waals surface area contributed by atoms with Crippen molar-refractivity contribution < 1.29 is 13.5 Å². The standard InChI is InChI=1S/C11H9BrF2N2OS/c1-2-3-9-15-11(18-16-9)17-8-5-6(12)4-7(13)10(8)14/h4-5H,2-3H2,1H3. The molecule has 0 spiro atoms. The lowest BCUT2D eigenvalue weighted by molar-refractivity contribution is 0.413. The average molecular weight is 335 g/mol. The maximum Gasteiger partial charge on any atom is 0.298 e. The van der Waals surface area contributed by atoms with Crippen LogP contribution in [0.25, 0.3) is 0 Å². The van der Waals surface area contributed by atoms with Gasteiger partial charge < -0.3 is 4.74 Å². The summed E-state index contributed by atoms with van der Waals surface area (Å²) in [6, 6.07) is 2.38. The molecule has 0 unspecified atom stereocenters. The smallest absolute Gasteiger partial charge is 0.298 e. The van der Waals surface area contributed by atoms with Crippen LogP contribution in [0.5, 0.6) is 10.9 Å². The number of aryl methyl sites for hydroxylation is 1. The lowest BCUT2D eigenvalue weighted by atomic mass is 10.3. The Morgan fingerprint density at radius 1 is 1.39 bits per heavy atom. The van der Waals surface area contributed by atoms with Crippen molar-refractivity contribution >= 4 is 27.5 Å². The molecular weight excluding hydrogens is 326 g/mol. The van der Waals surface area contributed by atoms with E-state index in [1.54, 1.807) is 0 Å². The second kappa shape index (κ2) is 5.71. The Morgan fingerprint density at radius 2 is 2.17 bits per heavy atom. The fourth-order valence-electron chi connectivity index (χ4n) is 1.31. The van der Waals surface area contributed by atoms with Crippen molar-refractivity contribution in [3.63, 3.8) is 0 Å². The second-order valence-corrected chi connectivity index (χ2v) is 5.16. The van der Waals surface area contributed by atoms with Gasteiger partial charge in [-0.1, -0.05) is 22.9 Å². The molecule has 0 aliphatic carbocycles. The minimum Gasteiger partial charge on any atom is -0.427 e. The van der Waals surface area contributed by atoms with Crippen LogP contribution in [0.15, 0.2) is 16.6 Å². The number of hydrogen-bond donors (Lipinski definition) is 0. The second-order valence-electron chi connectivity index (χ2n) is 3.53. The molecule has 0 N–H and O–H groups in total. The predicted molar refractivity (Wildman–Crippen MR) is 68.0 cm³/mol. The molecule has 7 heteroatoms. The van der Waals surface area contributed by atoms with Crippen molar-refractivity contribution in [2.24, 2.45) is 0 Å². The van der Waals surface area contributed by atoms with Crippen LogP contribution in [0, 0.1) is 11.6 Å². The van der Waals surface area contributed by atoms with Crippen molar-refractivity contribution in [1.29, 1.82) is 0 Å². The Hall–Kier alpha value is -1.08. The van der Waals surface area contributed by atoms with E-state index in [9.17, 15) is 8.78 Å². The average Bonchev–Trinajstić information content (AvgIpc) is 2.73. The van der Waals surface area contributed by atoms with Gasteiger partial charge in [0, 0.05) is 22.4 Å². The maximum absolute atomic E-state index is 13.5. The van der Waals surface area contributed by atoms with Crippen LogP contribution in [0.4, 0.5) is 8.78 Å². The zero-order valence-corrected chi connectivity index (χ0v) is 11.8. The monoisotopic (exact) mass is 334 g/mol. The Labute approximate surface area is 115 Å². The van der Waals surface area contributed by atoms with Crippen molar-refractivity contribution in [1.82, 2.24) is 9.36 Å². The molecule has 2 aromatic rings. The van der Waals surface area contributed by atoms with E-state index in [-0.39, 0.29) is 10.9 Å². The van der Waals surface area contributed by atoms with Crippen molar-refractivity contribution in [2.45, 2.75) is 19.8 Å². The minimum absolute atomic E-state index is 0.204. The number of hydrogen-bond acceptors (Lipinski definition) is 4. The first-order valence-corrected chi connectivity index (χ1v) is 6.81. The number of benzene rings is 1. The summed E-state index contributed by atoms with van der Waals surface area (Å²) in [7, 11) is 0. The molecule has 0 saturated heterocycles. The zero-order chi connectivity index (χ0) is 13.1. The zero-order valence-electron chi connectivity index (χ0n) is 9.41. The van der Waals surface area contributed by atoms with E-state index < -0.39 is 11.6 Å². The van der Waals surface area contributed by atoms with E-state index in [1.165, 1.54) is 6.07 Å².